The van der Waals surface area contributed by atoms with Crippen LogP contribution in [0.25, 0.3) is 0 Å². The van der Waals surface area contributed by atoms with Gasteiger partial charge in [-0.1, -0.05) is 0 Å². The maximum atomic E-state index is 12.7. The summed E-state index contributed by atoms with van der Waals surface area (Å²) in [6.45, 7) is -0.517. The van der Waals surface area contributed by atoms with Crippen molar-refractivity contribution in [1.82, 2.24) is 0 Å². The largest absolute Gasteiger partial charge is 0.465 e. The number of ether oxygens (including phenoxy) is 1. The van der Waals surface area contributed by atoms with Gasteiger partial charge in [0.25, 0.3) is 6.43 Å². The summed E-state index contributed by atoms with van der Waals surface area (Å²) >= 11 is 0. The Kier molecular flexibility index (Phi) is 4.12. The van der Waals surface area contributed by atoms with Gasteiger partial charge >= 0.3 is 5.97 Å². The van der Waals surface area contributed by atoms with E-state index in [1.165, 1.54) is 0 Å². The van der Waals surface area contributed by atoms with Gasteiger partial charge in [0.15, 0.2) is 0 Å². The highest BCUT2D eigenvalue weighted by Crippen LogP contribution is 2.27. The van der Waals surface area contributed by atoms with Crippen LogP contribution >= 0.6 is 0 Å². The molecule has 0 fully saturated rings. The van der Waals surface area contributed by atoms with Gasteiger partial charge in [0.1, 0.15) is 0 Å². The number of hydrogen-bond acceptors (Lipinski definition) is 4. The third-order valence-electron chi connectivity index (χ3n) is 2.21. The van der Waals surface area contributed by atoms with Crippen molar-refractivity contribution < 1.29 is 23.4 Å². The van der Waals surface area contributed by atoms with Crippen LogP contribution in [0.3, 0.4) is 0 Å². The van der Waals surface area contributed by atoms with E-state index in [4.69, 9.17) is 10.4 Å². The molecule has 0 amide bonds. The average Bonchev–Trinajstić information content (AvgIpc) is 2.35. The normalized spacial score (nSPS) is 10.1. The predicted octanol–water partition coefficient (Wildman–Crippen LogP) is 1.77. The molecule has 1 aromatic carbocycles. The van der Waals surface area contributed by atoms with Crippen LogP contribution in [0.4, 0.5) is 8.78 Å². The maximum Gasteiger partial charge on any atom is 0.338 e. The van der Waals surface area contributed by atoms with Crippen molar-refractivity contribution in [2.75, 3.05) is 7.11 Å². The van der Waals surface area contributed by atoms with E-state index >= 15 is 0 Å². The summed E-state index contributed by atoms with van der Waals surface area (Å²) in [5.74, 6) is -0.931. The Morgan fingerprint density at radius 3 is 2.65 bits per heavy atom. The van der Waals surface area contributed by atoms with Gasteiger partial charge in [-0.3, -0.25) is 0 Å². The first-order valence-corrected chi connectivity index (χ1v) is 4.59. The molecule has 0 bridgehead atoms. The van der Waals surface area contributed by atoms with Gasteiger partial charge in [0.05, 0.1) is 30.9 Å². The molecule has 0 radical (unpaired) electrons. The van der Waals surface area contributed by atoms with Gasteiger partial charge < -0.3 is 9.84 Å². The van der Waals surface area contributed by atoms with Crippen LogP contribution < -0.4 is 0 Å². The van der Waals surface area contributed by atoms with Crippen LogP contribution in [0.15, 0.2) is 12.1 Å². The lowest BCUT2D eigenvalue weighted by Gasteiger charge is -2.10. The fourth-order valence-electron chi connectivity index (χ4n) is 1.36. The van der Waals surface area contributed by atoms with Gasteiger partial charge in [-0.15, -0.1) is 0 Å². The van der Waals surface area contributed by atoms with Crippen molar-refractivity contribution in [2.24, 2.45) is 0 Å². The van der Waals surface area contributed by atoms with Crippen LogP contribution in [-0.4, -0.2) is 18.2 Å². The second kappa shape index (κ2) is 5.37. The number of halogens is 2. The molecule has 0 aromatic heterocycles. The first kappa shape index (κ1) is 13.1. The smallest absolute Gasteiger partial charge is 0.338 e. The molecule has 1 rings (SSSR count). The molecule has 1 N–H and O–H groups in total. The molecule has 0 heterocycles. The number of nitriles is 1. The monoisotopic (exact) mass is 241 g/mol. The Morgan fingerprint density at radius 2 is 2.24 bits per heavy atom. The first-order valence-electron chi connectivity index (χ1n) is 4.59. The van der Waals surface area contributed by atoms with Crippen molar-refractivity contribution in [1.29, 1.82) is 5.26 Å². The van der Waals surface area contributed by atoms with E-state index in [0.717, 1.165) is 19.2 Å². The summed E-state index contributed by atoms with van der Waals surface area (Å²) in [4.78, 5) is 11.3. The summed E-state index contributed by atoms with van der Waals surface area (Å²) in [5.41, 5.74) is -0.899. The number of carbonyl (C=O) groups excluding carboxylic acids is 1. The van der Waals surface area contributed by atoms with E-state index in [9.17, 15) is 13.6 Å². The summed E-state index contributed by atoms with van der Waals surface area (Å²) < 4.78 is 29.8. The lowest BCUT2D eigenvalue weighted by molar-refractivity contribution is 0.0589. The lowest BCUT2D eigenvalue weighted by Crippen LogP contribution is -2.08. The Bertz CT molecular complexity index is 480. The Labute approximate surface area is 96.0 Å². The third kappa shape index (κ3) is 2.57. The van der Waals surface area contributed by atoms with Crippen molar-refractivity contribution in [3.05, 3.63) is 34.4 Å². The molecule has 0 spiro atoms. The number of carbonyl (C=O) groups is 1. The number of nitrogens with zero attached hydrogens (tertiary/aromatic N) is 1. The fourth-order valence-corrected chi connectivity index (χ4v) is 1.36. The van der Waals surface area contributed by atoms with E-state index in [0.29, 0.717) is 0 Å². The predicted molar refractivity (Wildman–Crippen MR) is 53.4 cm³/mol. The first-order chi connectivity index (χ1) is 8.04. The lowest BCUT2D eigenvalue weighted by atomic mass is 9.99. The molecule has 17 heavy (non-hydrogen) atoms. The summed E-state index contributed by atoms with van der Waals surface area (Å²) in [5, 5.41) is 17.7. The zero-order valence-corrected chi connectivity index (χ0v) is 8.91. The van der Waals surface area contributed by atoms with Crippen molar-refractivity contribution in [3.8, 4) is 6.07 Å². The van der Waals surface area contributed by atoms with Crippen molar-refractivity contribution in [2.45, 2.75) is 13.0 Å². The molecular formula is C11H9F2NO3. The van der Waals surface area contributed by atoms with Crippen LogP contribution in [0.5, 0.6) is 0 Å². The zero-order chi connectivity index (χ0) is 13.0. The Balaban J connectivity index is 3.47. The highest BCUT2D eigenvalue weighted by atomic mass is 19.3. The molecule has 0 aliphatic rings. The molecule has 90 valence electrons. The van der Waals surface area contributed by atoms with Gasteiger partial charge in [0.2, 0.25) is 0 Å². The molecule has 6 heteroatoms. The molecule has 0 aliphatic heterocycles. The molecule has 0 unspecified atom stereocenters. The fraction of sp³-hybridized carbons (Fsp3) is 0.273. The van der Waals surface area contributed by atoms with E-state index in [-0.39, 0.29) is 16.7 Å². The maximum absolute atomic E-state index is 12.7. The number of alkyl halides is 2. The second-order valence-corrected chi connectivity index (χ2v) is 3.16. The Hall–Kier alpha value is -2.00. The Morgan fingerprint density at radius 1 is 1.59 bits per heavy atom. The number of aliphatic hydroxyl groups excluding tert-OH is 1. The van der Waals surface area contributed by atoms with Crippen molar-refractivity contribution in [3.63, 3.8) is 0 Å². The molecule has 0 atom stereocenters. The molecule has 1 aromatic rings. The average molecular weight is 241 g/mol. The minimum Gasteiger partial charge on any atom is -0.465 e. The minimum absolute atomic E-state index is 0.0875. The van der Waals surface area contributed by atoms with Gasteiger partial charge in [0, 0.05) is 5.56 Å². The van der Waals surface area contributed by atoms with Gasteiger partial charge in [-0.05, 0) is 17.7 Å². The van der Waals surface area contributed by atoms with Crippen LogP contribution in [0.2, 0.25) is 0 Å². The van der Waals surface area contributed by atoms with Crippen LogP contribution in [0, 0.1) is 11.3 Å². The quantitative estimate of drug-likeness (QED) is 0.819. The van der Waals surface area contributed by atoms with Gasteiger partial charge in [-0.25, -0.2) is 13.6 Å². The summed E-state index contributed by atoms with van der Waals surface area (Å²) in [7, 11) is 1.06. The van der Waals surface area contributed by atoms with E-state index in [1.807, 2.05) is 0 Å². The molecule has 0 saturated carbocycles. The number of methoxy groups -OCH3 is 1. The number of hydrogen-bond donors (Lipinski definition) is 1. The highest BCUT2D eigenvalue weighted by molar-refractivity contribution is 5.91. The minimum atomic E-state index is -2.90. The van der Waals surface area contributed by atoms with Gasteiger partial charge in [-0.2, -0.15) is 5.26 Å². The SMILES string of the molecule is COC(=O)c1cc(CO)c(C#N)cc1C(F)F. The standard InChI is InChI=1S/C11H9F2NO3/c1-17-11(16)9-3-7(5-15)6(4-14)2-8(9)10(12)13/h2-3,10,15H,5H2,1H3. The zero-order valence-electron chi connectivity index (χ0n) is 8.91. The number of benzene rings is 1. The molecule has 0 saturated heterocycles. The topological polar surface area (TPSA) is 70.3 Å². The van der Waals surface area contributed by atoms with Crippen LogP contribution in [-0.2, 0) is 11.3 Å². The summed E-state index contributed by atoms with van der Waals surface area (Å²) in [6, 6.07) is 3.62. The van der Waals surface area contributed by atoms with Crippen molar-refractivity contribution >= 4 is 5.97 Å². The van der Waals surface area contributed by atoms with E-state index in [2.05, 4.69) is 4.74 Å². The van der Waals surface area contributed by atoms with E-state index < -0.39 is 24.6 Å². The highest BCUT2D eigenvalue weighted by Gasteiger charge is 2.21. The number of aliphatic hydroxyl groups is 1. The number of esters is 1. The van der Waals surface area contributed by atoms with Crippen LogP contribution in [0.1, 0.15) is 33.5 Å². The molecule has 4 nitrogen and oxygen atoms in total. The molecular weight excluding hydrogens is 232 g/mol. The summed E-state index contributed by atoms with van der Waals surface area (Å²) in [6.07, 6.45) is -2.90. The second-order valence-electron chi connectivity index (χ2n) is 3.16. The third-order valence-corrected chi connectivity index (χ3v) is 2.21. The number of rotatable bonds is 3. The van der Waals surface area contributed by atoms with E-state index in [1.54, 1.807) is 6.07 Å². The molecule has 0 aliphatic carbocycles.